The van der Waals surface area contributed by atoms with Crippen molar-refractivity contribution in [2.24, 2.45) is 5.73 Å². The monoisotopic (exact) mass is 417 g/mol. The molecule has 0 bridgehead atoms. The van der Waals surface area contributed by atoms with E-state index in [0.717, 1.165) is 36.5 Å². The van der Waals surface area contributed by atoms with Crippen molar-refractivity contribution >= 4 is 35.0 Å². The Morgan fingerprint density at radius 1 is 1.10 bits per heavy atom. The van der Waals surface area contributed by atoms with E-state index >= 15 is 0 Å². The average molecular weight is 418 g/mol. The van der Waals surface area contributed by atoms with Gasteiger partial charge in [0.2, 0.25) is 0 Å². The highest BCUT2D eigenvalue weighted by atomic mass is 35.5. The van der Waals surface area contributed by atoms with Gasteiger partial charge in [0.15, 0.2) is 0 Å². The fourth-order valence-electron chi connectivity index (χ4n) is 4.16. The van der Waals surface area contributed by atoms with Crippen LogP contribution in [0.3, 0.4) is 0 Å². The number of ether oxygens (including phenoxy) is 1. The Bertz CT molecular complexity index is 875. The molecule has 0 saturated carbocycles. The quantitative estimate of drug-likeness (QED) is 0.800. The zero-order valence-electron chi connectivity index (χ0n) is 16.4. The van der Waals surface area contributed by atoms with E-state index < -0.39 is 0 Å². The number of nitrogens with two attached hydrogens (primary N) is 1. The summed E-state index contributed by atoms with van der Waals surface area (Å²) in [6.07, 6.45) is 2.92. The van der Waals surface area contributed by atoms with E-state index in [0.29, 0.717) is 25.2 Å². The molecule has 2 heterocycles. The first kappa shape index (κ1) is 21.6. The van der Waals surface area contributed by atoms with Crippen LogP contribution in [0.4, 0.5) is 0 Å². The number of fused-ring (bicyclic) bond motifs is 1. The van der Waals surface area contributed by atoms with Crippen molar-refractivity contribution in [2.45, 2.75) is 43.9 Å². The molecule has 2 amide bonds. The lowest BCUT2D eigenvalue weighted by molar-refractivity contribution is -0.144. The standard InChI is InChI=1S/C22H27N3O3.ClH/c23-13-19-9-10-20(28-19)22(27)25-11-3-6-18(14-25)24-21(26)17-8-7-15-4-1-2-5-16(15)12-17;/h1-2,4-5,7-8,12,18-20H,3,6,9-11,13-14,23H2,(H,24,26);1H/t18?,19-,20+;/m1./s1. The zero-order valence-corrected chi connectivity index (χ0v) is 17.2. The molecule has 2 aromatic carbocycles. The van der Waals surface area contributed by atoms with Gasteiger partial charge in [-0.15, -0.1) is 12.4 Å². The number of amides is 2. The molecule has 0 aromatic heterocycles. The second kappa shape index (κ2) is 9.57. The van der Waals surface area contributed by atoms with Crippen molar-refractivity contribution in [2.75, 3.05) is 19.6 Å². The fourth-order valence-corrected chi connectivity index (χ4v) is 4.16. The van der Waals surface area contributed by atoms with Gasteiger partial charge in [0.25, 0.3) is 11.8 Å². The van der Waals surface area contributed by atoms with Crippen molar-refractivity contribution in [3.8, 4) is 0 Å². The molecule has 4 rings (SSSR count). The van der Waals surface area contributed by atoms with Crippen LogP contribution >= 0.6 is 12.4 Å². The molecule has 2 aliphatic rings. The number of nitrogens with one attached hydrogen (secondary N) is 1. The molecule has 0 spiro atoms. The number of carbonyl (C=O) groups excluding carboxylic acids is 2. The van der Waals surface area contributed by atoms with Gasteiger partial charge in [-0.25, -0.2) is 0 Å². The Hall–Kier alpha value is -2.15. The minimum atomic E-state index is -0.386. The molecule has 6 nitrogen and oxygen atoms in total. The third-order valence-electron chi connectivity index (χ3n) is 5.73. The molecule has 156 valence electrons. The average Bonchev–Trinajstić information content (AvgIpc) is 3.22. The van der Waals surface area contributed by atoms with Gasteiger partial charge < -0.3 is 20.7 Å². The van der Waals surface area contributed by atoms with Crippen LogP contribution in [0.25, 0.3) is 10.8 Å². The Balaban J connectivity index is 0.00000240. The Morgan fingerprint density at radius 2 is 1.90 bits per heavy atom. The molecular weight excluding hydrogens is 390 g/mol. The Labute approximate surface area is 177 Å². The van der Waals surface area contributed by atoms with E-state index in [9.17, 15) is 9.59 Å². The van der Waals surface area contributed by atoms with E-state index in [-0.39, 0.29) is 42.5 Å². The van der Waals surface area contributed by atoms with Gasteiger partial charge in [0.1, 0.15) is 6.10 Å². The van der Waals surface area contributed by atoms with Crippen molar-refractivity contribution in [1.82, 2.24) is 10.2 Å². The number of carbonyl (C=O) groups is 2. The topological polar surface area (TPSA) is 84.7 Å². The van der Waals surface area contributed by atoms with E-state index in [1.807, 2.05) is 47.4 Å². The molecule has 7 heteroatoms. The van der Waals surface area contributed by atoms with Crippen molar-refractivity contribution in [3.05, 3.63) is 48.0 Å². The molecule has 1 unspecified atom stereocenters. The van der Waals surface area contributed by atoms with Crippen LogP contribution in [0.1, 0.15) is 36.0 Å². The molecule has 2 saturated heterocycles. The highest BCUT2D eigenvalue weighted by Gasteiger charge is 2.35. The summed E-state index contributed by atoms with van der Waals surface area (Å²) in [5.41, 5.74) is 6.29. The van der Waals surface area contributed by atoms with Crippen molar-refractivity contribution in [1.29, 1.82) is 0 Å². The first-order chi connectivity index (χ1) is 13.6. The van der Waals surface area contributed by atoms with Crippen LogP contribution in [0, 0.1) is 0 Å². The predicted octanol–water partition coefficient (Wildman–Crippen LogP) is 2.49. The summed E-state index contributed by atoms with van der Waals surface area (Å²) in [6, 6.07) is 13.7. The summed E-state index contributed by atoms with van der Waals surface area (Å²) in [6.45, 7) is 1.70. The maximum atomic E-state index is 12.8. The van der Waals surface area contributed by atoms with E-state index in [1.165, 1.54) is 0 Å². The molecular formula is C22H28ClN3O3. The first-order valence-electron chi connectivity index (χ1n) is 10.1. The highest BCUT2D eigenvalue weighted by Crippen LogP contribution is 2.23. The lowest BCUT2D eigenvalue weighted by Gasteiger charge is -2.34. The lowest BCUT2D eigenvalue weighted by atomic mass is 10.0. The third kappa shape index (κ3) is 4.89. The number of hydrogen-bond acceptors (Lipinski definition) is 4. The van der Waals surface area contributed by atoms with Gasteiger partial charge in [-0.05, 0) is 48.6 Å². The van der Waals surface area contributed by atoms with Crippen molar-refractivity contribution < 1.29 is 14.3 Å². The van der Waals surface area contributed by atoms with Gasteiger partial charge in [-0.1, -0.05) is 30.3 Å². The predicted molar refractivity (Wildman–Crippen MR) is 115 cm³/mol. The summed E-state index contributed by atoms with van der Waals surface area (Å²) in [5.74, 6) is -0.0639. The minimum Gasteiger partial charge on any atom is -0.364 e. The highest BCUT2D eigenvalue weighted by molar-refractivity contribution is 5.98. The minimum absolute atomic E-state index is 0. The maximum Gasteiger partial charge on any atom is 0.251 e. The van der Waals surface area contributed by atoms with Gasteiger partial charge in [-0.3, -0.25) is 9.59 Å². The largest absolute Gasteiger partial charge is 0.364 e. The van der Waals surface area contributed by atoms with Crippen molar-refractivity contribution in [3.63, 3.8) is 0 Å². The number of piperidine rings is 1. The van der Waals surface area contributed by atoms with Gasteiger partial charge in [-0.2, -0.15) is 0 Å². The second-order valence-corrected chi connectivity index (χ2v) is 7.72. The molecule has 29 heavy (non-hydrogen) atoms. The summed E-state index contributed by atoms with van der Waals surface area (Å²) >= 11 is 0. The van der Waals surface area contributed by atoms with E-state index in [2.05, 4.69) is 5.32 Å². The molecule has 0 aliphatic carbocycles. The van der Waals surface area contributed by atoms with Crippen LogP contribution in [0.2, 0.25) is 0 Å². The van der Waals surface area contributed by atoms with Crippen LogP contribution in [-0.4, -0.2) is 54.6 Å². The number of nitrogens with zero attached hydrogens (tertiary/aromatic N) is 1. The number of likely N-dealkylation sites (tertiary alicyclic amines) is 1. The molecule has 0 radical (unpaired) electrons. The SMILES string of the molecule is Cl.NC[C@H]1CC[C@@H](C(=O)N2CCCC(NC(=O)c3ccc4ccccc4c3)C2)O1. The summed E-state index contributed by atoms with van der Waals surface area (Å²) in [5, 5.41) is 5.26. The molecule has 2 fully saturated rings. The Kier molecular flexibility index (Phi) is 7.11. The summed E-state index contributed by atoms with van der Waals surface area (Å²) in [7, 11) is 0. The number of halogens is 1. The first-order valence-corrected chi connectivity index (χ1v) is 10.1. The normalized spacial score (nSPS) is 24.2. The second-order valence-electron chi connectivity index (χ2n) is 7.72. The summed E-state index contributed by atoms with van der Waals surface area (Å²) < 4.78 is 5.75. The number of rotatable bonds is 4. The maximum absolute atomic E-state index is 12.8. The van der Waals surface area contributed by atoms with Crippen LogP contribution in [0.15, 0.2) is 42.5 Å². The van der Waals surface area contributed by atoms with Crippen LogP contribution < -0.4 is 11.1 Å². The van der Waals surface area contributed by atoms with Gasteiger partial charge >= 0.3 is 0 Å². The molecule has 2 aromatic rings. The van der Waals surface area contributed by atoms with E-state index in [4.69, 9.17) is 10.5 Å². The van der Waals surface area contributed by atoms with Gasteiger partial charge in [0.05, 0.1) is 6.10 Å². The van der Waals surface area contributed by atoms with Gasteiger partial charge in [0, 0.05) is 31.2 Å². The Morgan fingerprint density at radius 3 is 2.66 bits per heavy atom. The summed E-state index contributed by atoms with van der Waals surface area (Å²) in [4.78, 5) is 27.3. The fraction of sp³-hybridized carbons (Fsp3) is 0.455. The molecule has 3 N–H and O–H groups in total. The number of hydrogen-bond donors (Lipinski definition) is 2. The smallest absolute Gasteiger partial charge is 0.251 e. The molecule has 2 aliphatic heterocycles. The third-order valence-corrected chi connectivity index (χ3v) is 5.73. The molecule has 3 atom stereocenters. The zero-order chi connectivity index (χ0) is 19.5. The van der Waals surface area contributed by atoms with Crippen LogP contribution in [-0.2, 0) is 9.53 Å². The van der Waals surface area contributed by atoms with E-state index in [1.54, 1.807) is 0 Å². The number of benzene rings is 2. The lowest BCUT2D eigenvalue weighted by Crippen LogP contribution is -2.52. The van der Waals surface area contributed by atoms with Crippen LogP contribution in [0.5, 0.6) is 0 Å².